The van der Waals surface area contributed by atoms with E-state index < -0.39 is 0 Å². The van der Waals surface area contributed by atoms with Crippen molar-refractivity contribution >= 4 is 137 Å². The van der Waals surface area contributed by atoms with Crippen LogP contribution in [-0.4, -0.2) is 181 Å². The molecule has 11 N–H and O–H groups in total. The first kappa shape index (κ1) is 115. The summed E-state index contributed by atoms with van der Waals surface area (Å²) in [6.45, 7) is 26.4. The zero-order valence-corrected chi connectivity index (χ0v) is 89.4. The predicted octanol–water partition coefficient (Wildman–Crippen LogP) is 17.6. The average Bonchev–Trinajstić information content (AvgIpc) is 1.63. The number of amides is 2. The summed E-state index contributed by atoms with van der Waals surface area (Å²) in [5.74, 6) is 3.61. The van der Waals surface area contributed by atoms with Gasteiger partial charge in [0.25, 0.3) is 11.8 Å². The number of hydrogen-bond acceptors (Lipinski definition) is 26. The molecule has 27 nitrogen and oxygen atoms in total. The molecule has 0 bridgehead atoms. The minimum absolute atomic E-state index is 0. The molecule has 3 radical (unpaired) electrons. The number of halogens is 7. The SMILES string of the molecule is CCN(C(C)C)C(C)C.CCN(C(C)C)C(C)C.NCCc1c(Cl)ncnc1N[C@H]1CCc2ccccc21.N[C@H]1CCc2ccccc21.O=C1c2ccccc2C(=O)N1CCc1c(Cl)ncnc1N[C@H]1CCc2ccccc21.O=CCc1c(Cl)ncnc1Cl.OCCc1c(Cl)ncnc1Cl.OCCc1c(Cl)ncnc1N[C@H]1CCc2ccccc21.[B].[H-].[Na+].c1ccc2c(c1)CC[C@@H]2Nc1ncnc2c1CCN2. The van der Waals surface area contributed by atoms with E-state index in [9.17, 15) is 14.4 Å². The number of aromatic nitrogens is 12. The van der Waals surface area contributed by atoms with E-state index in [4.69, 9.17) is 103 Å². The molecule has 0 fully saturated rings. The Kier molecular flexibility index (Phi) is 47.7. The number of fused-ring (bicyclic) bond motifs is 7. The van der Waals surface area contributed by atoms with Gasteiger partial charge >= 0.3 is 29.6 Å². The molecule has 0 saturated heterocycles. The summed E-state index contributed by atoms with van der Waals surface area (Å²) in [5.41, 5.74) is 30.8. The van der Waals surface area contributed by atoms with E-state index in [0.717, 1.165) is 125 Å². The molecule has 7 aliphatic rings. The number of rotatable bonds is 25. The maximum atomic E-state index is 12.6. The quantitative estimate of drug-likeness (QED) is 0.0111. The van der Waals surface area contributed by atoms with Crippen molar-refractivity contribution in [3.05, 3.63) is 320 Å². The van der Waals surface area contributed by atoms with Crippen molar-refractivity contribution < 1.29 is 55.6 Å². The van der Waals surface area contributed by atoms with Gasteiger partial charge in [0, 0.05) is 118 Å². The third-order valence-corrected chi connectivity index (χ3v) is 27.5. The Bertz CT molecular complexity index is 5810. The van der Waals surface area contributed by atoms with Crippen LogP contribution < -0.4 is 67.6 Å². The molecule has 141 heavy (non-hydrogen) atoms. The number of aliphatic hydroxyl groups excluding tert-OH is 2. The van der Waals surface area contributed by atoms with Gasteiger partial charge in [-0.15, -0.1) is 0 Å². The molecule has 741 valence electrons. The summed E-state index contributed by atoms with van der Waals surface area (Å²) < 4.78 is 0. The van der Waals surface area contributed by atoms with E-state index in [1.807, 2.05) is 6.07 Å². The Morgan fingerprint density at radius 3 is 1.06 bits per heavy atom. The van der Waals surface area contributed by atoms with Gasteiger partial charge in [-0.05, 0) is 226 Å². The van der Waals surface area contributed by atoms with E-state index in [0.29, 0.717) is 134 Å². The fraction of sp³-hybridized carbons (Fsp3) is 0.400. The number of anilines is 5. The smallest absolute Gasteiger partial charge is 1.00 e. The van der Waals surface area contributed by atoms with Crippen LogP contribution in [-0.2, 0) is 75.4 Å². The van der Waals surface area contributed by atoms with Crippen molar-refractivity contribution in [2.24, 2.45) is 11.5 Å². The van der Waals surface area contributed by atoms with Crippen molar-refractivity contribution in [2.45, 2.75) is 226 Å². The maximum Gasteiger partial charge on any atom is 1.00 e. The predicted molar refractivity (Wildman–Crippen MR) is 567 cm³/mol. The van der Waals surface area contributed by atoms with Crippen molar-refractivity contribution in [1.29, 1.82) is 0 Å². The third-order valence-electron chi connectivity index (χ3n) is 25.2. The number of hydrogen-bond donors (Lipinski definition) is 9. The molecule has 0 spiro atoms. The van der Waals surface area contributed by atoms with Crippen LogP contribution in [0.4, 0.5) is 29.1 Å². The third kappa shape index (κ3) is 31.7. The molecule has 6 aromatic heterocycles. The van der Waals surface area contributed by atoms with Gasteiger partial charge in [0.05, 0.1) is 35.3 Å². The first-order chi connectivity index (χ1) is 67.2. The molecular weight excluding hydrogens is 1930 g/mol. The van der Waals surface area contributed by atoms with Gasteiger partial charge in [-0.3, -0.25) is 24.3 Å². The van der Waals surface area contributed by atoms with E-state index >= 15 is 0 Å². The van der Waals surface area contributed by atoms with E-state index in [1.54, 1.807) is 30.6 Å². The molecule has 0 unspecified atom stereocenters. The topological polar surface area (TPSA) is 368 Å². The van der Waals surface area contributed by atoms with Crippen LogP contribution in [0, 0.1) is 0 Å². The summed E-state index contributed by atoms with van der Waals surface area (Å²) in [5, 5.41) is 37.4. The second-order valence-electron chi connectivity index (χ2n) is 35.1. The minimum atomic E-state index is -0.275. The number of aldehydes is 1. The van der Waals surface area contributed by atoms with Crippen molar-refractivity contribution in [3.63, 3.8) is 0 Å². The van der Waals surface area contributed by atoms with E-state index in [2.05, 4.69) is 281 Å². The zero-order valence-electron chi connectivity index (χ0n) is 83.1. The number of aliphatic hydroxyl groups is 2. The zero-order chi connectivity index (χ0) is 99.6. The second kappa shape index (κ2) is 58.4. The summed E-state index contributed by atoms with van der Waals surface area (Å²) in [4.78, 5) is 90.2. The number of aryl methyl sites for hydroxylation is 5. The van der Waals surface area contributed by atoms with Crippen molar-refractivity contribution in [1.82, 2.24) is 74.5 Å². The van der Waals surface area contributed by atoms with Crippen LogP contribution in [0.2, 0.25) is 36.1 Å². The molecule has 6 aromatic carbocycles. The monoisotopic (exact) mass is 2060 g/mol. The molecule has 2 amide bonds. The normalized spacial score (nSPS) is 15.8. The van der Waals surface area contributed by atoms with Crippen LogP contribution in [0.1, 0.15) is 243 Å². The Morgan fingerprint density at radius 1 is 0.411 bits per heavy atom. The largest absolute Gasteiger partial charge is 1.00 e. The van der Waals surface area contributed by atoms with Gasteiger partial charge in [0.1, 0.15) is 109 Å². The maximum absolute atomic E-state index is 12.6. The molecule has 36 heteroatoms. The number of nitrogens with zero attached hydrogens (tertiary/aromatic N) is 15. The van der Waals surface area contributed by atoms with E-state index in [-0.39, 0.29) is 106 Å². The first-order valence-electron chi connectivity index (χ1n) is 47.6. The Hall–Kier alpha value is -9.54. The van der Waals surface area contributed by atoms with Gasteiger partial charge in [-0.2, -0.15) is 0 Å². The Labute approximate surface area is 889 Å². The van der Waals surface area contributed by atoms with Gasteiger partial charge in [-0.1, -0.05) is 229 Å². The number of benzene rings is 6. The number of nitrogens with one attached hydrogen (secondary N) is 5. The molecule has 19 rings (SSSR count). The minimum Gasteiger partial charge on any atom is -1.00 e. The molecule has 5 aliphatic carbocycles. The fourth-order valence-electron chi connectivity index (χ4n) is 18.4. The van der Waals surface area contributed by atoms with E-state index in [1.165, 1.54) is 97.7 Å². The summed E-state index contributed by atoms with van der Waals surface area (Å²) in [6, 6.07) is 53.4. The standard InChI is InChI=1S/C23H19ClN4O2.C15H17ClN4.C15H16ClN3O.C15H16N4.C9H11N.2C8H19N.C6H6Cl2N2O.C6H4Cl2N2O.B.Na.H/c24-20-18(11-12-28-22(29)16-7-3-4-8-17(16)23(28)30)21(26-13-25-20)27-19-10-9-14-5-1-2-6-15(14)19;16-14-12(7-8-17)15(19-9-18-14)20-13-6-5-10-3-1-2-4-11(10)13;16-14-12(7-8-20)15(18-9-17-14)19-13-6-5-10-3-1-2-4-11(10)13;1-2-4-11-10(3-1)5-6-13(11)19-15-12-7-8-16-14(12)17-9-18-15;10-9-6-5-7-3-1-2-4-8(7)9;2*1-6-9(7(2)3)8(4)5;2*7-5-4(1-2-11)6(8)10-3-9-5;;;/h1-8,13,19H,9-12H2,(H,25,26,27);1-4,9,13H,5-8,17H2,(H,18,19,20);1-4,9,13,20H,5-8H2,(H,17,18,19);1-4,9,13H,5-8H2,(H2,16,17,18,19);1-4,9H,5-6,10H2;2*7-8H,6H2,1-5H3;3,11H,1-2H2;2-3H,1H2;;;/q;;;;;;;;;;+1;-1/t19-;3*13-;9-;;;;;;;/m00000......./s1. The van der Waals surface area contributed by atoms with Crippen LogP contribution >= 0.6 is 81.2 Å². The van der Waals surface area contributed by atoms with Crippen LogP contribution in [0.5, 0.6) is 0 Å². The first-order valence-corrected chi connectivity index (χ1v) is 50.2. The number of carbonyl (C=O) groups excluding carboxylic acids is 3. The molecule has 5 atom stereocenters. The van der Waals surface area contributed by atoms with Crippen LogP contribution in [0.25, 0.3) is 0 Å². The molecule has 8 heterocycles. The van der Waals surface area contributed by atoms with Gasteiger partial charge in [0.2, 0.25) is 0 Å². The van der Waals surface area contributed by atoms with Gasteiger partial charge < -0.3 is 54.5 Å². The number of imide groups is 1. The van der Waals surface area contributed by atoms with Gasteiger partial charge in [0.15, 0.2) is 0 Å². The average molecular weight is 2060 g/mol. The molecular formula is C105H128BCl7N22NaO5. The van der Waals surface area contributed by atoms with Crippen molar-refractivity contribution in [2.75, 3.05) is 72.5 Å². The summed E-state index contributed by atoms with van der Waals surface area (Å²) >= 11 is 41.2. The van der Waals surface area contributed by atoms with Crippen LogP contribution in [0.3, 0.4) is 0 Å². The summed E-state index contributed by atoms with van der Waals surface area (Å²) in [7, 11) is 0. The van der Waals surface area contributed by atoms with Gasteiger partial charge in [-0.25, -0.2) is 59.8 Å². The second-order valence-corrected chi connectivity index (χ2v) is 37.6. The Balaban J connectivity index is 0.000000201. The number of carbonyl (C=O) groups is 3. The Morgan fingerprint density at radius 2 is 0.709 bits per heavy atom. The fourth-order valence-corrected chi connectivity index (χ4v) is 20.1. The number of nitrogens with two attached hydrogens (primary N) is 2. The van der Waals surface area contributed by atoms with Crippen LogP contribution in [0.15, 0.2) is 184 Å². The molecule has 2 aliphatic heterocycles. The summed E-state index contributed by atoms with van der Waals surface area (Å²) in [6.07, 6.45) is 23.1. The molecule has 0 saturated carbocycles. The molecule has 12 aromatic rings. The van der Waals surface area contributed by atoms with Crippen molar-refractivity contribution in [3.8, 4) is 0 Å².